The maximum atomic E-state index is 12.9. The fourth-order valence-electron chi connectivity index (χ4n) is 2.77. The second kappa shape index (κ2) is 7.99. The SMILES string of the molecule is CCC[C@@H](NC(=O)C1(C)CSC(C(C)=NC)=N1)C1=CC(O)=CC(=O)C1. The van der Waals surface area contributed by atoms with Gasteiger partial charge in [0, 0.05) is 25.3 Å². The van der Waals surface area contributed by atoms with Crippen LogP contribution in [-0.2, 0) is 9.59 Å². The minimum atomic E-state index is -0.852. The van der Waals surface area contributed by atoms with Gasteiger partial charge in [0.25, 0.3) is 0 Å². The number of nitrogens with zero attached hydrogens (tertiary/aromatic N) is 2. The van der Waals surface area contributed by atoms with Crippen molar-refractivity contribution in [3.05, 3.63) is 23.5 Å². The van der Waals surface area contributed by atoms with Crippen LogP contribution >= 0.6 is 11.8 Å². The molecule has 0 aromatic rings. The summed E-state index contributed by atoms with van der Waals surface area (Å²) in [6.45, 7) is 5.71. The summed E-state index contributed by atoms with van der Waals surface area (Å²) in [5, 5.41) is 13.5. The van der Waals surface area contributed by atoms with Gasteiger partial charge in [0.05, 0.1) is 11.8 Å². The Morgan fingerprint density at radius 3 is 2.84 bits per heavy atom. The standard InChI is InChI=1S/C18H25N3O3S/c1-5-6-15(12-7-13(22)9-14(23)8-12)20-17(24)18(3)10-25-16(21-18)11(2)19-4/h7,9,15,22H,5-6,8,10H2,1-4H3,(H,20,24)/t15-,18?/m1/s1. The minimum Gasteiger partial charge on any atom is -0.508 e. The molecule has 6 nitrogen and oxygen atoms in total. The van der Waals surface area contributed by atoms with Crippen molar-refractivity contribution in [2.75, 3.05) is 12.8 Å². The van der Waals surface area contributed by atoms with E-state index in [2.05, 4.69) is 15.3 Å². The Balaban J connectivity index is 2.17. The summed E-state index contributed by atoms with van der Waals surface area (Å²) in [6.07, 6.45) is 4.56. The van der Waals surface area contributed by atoms with Crippen LogP contribution < -0.4 is 5.32 Å². The molecule has 2 rings (SSSR count). The Morgan fingerprint density at radius 1 is 1.52 bits per heavy atom. The molecule has 1 unspecified atom stereocenters. The van der Waals surface area contributed by atoms with Gasteiger partial charge in [-0.15, -0.1) is 11.8 Å². The molecule has 0 saturated carbocycles. The molecule has 25 heavy (non-hydrogen) atoms. The average Bonchev–Trinajstić information content (AvgIpc) is 2.96. The van der Waals surface area contributed by atoms with E-state index in [1.54, 1.807) is 13.1 Å². The van der Waals surface area contributed by atoms with E-state index >= 15 is 0 Å². The van der Waals surface area contributed by atoms with Gasteiger partial charge < -0.3 is 10.4 Å². The number of ketones is 1. The van der Waals surface area contributed by atoms with Crippen LogP contribution in [-0.4, -0.2) is 51.9 Å². The van der Waals surface area contributed by atoms with Gasteiger partial charge in [-0.2, -0.15) is 0 Å². The predicted octanol–water partition coefficient (Wildman–Crippen LogP) is 2.61. The van der Waals surface area contributed by atoms with E-state index in [9.17, 15) is 14.7 Å². The molecule has 2 N–H and O–H groups in total. The first kappa shape index (κ1) is 19.4. The molecule has 1 heterocycles. The summed E-state index contributed by atoms with van der Waals surface area (Å²) in [5.74, 6) is 0.186. The number of aliphatic hydroxyl groups excluding tert-OH is 1. The van der Waals surface area contributed by atoms with Crippen molar-refractivity contribution in [1.82, 2.24) is 5.32 Å². The van der Waals surface area contributed by atoms with Crippen molar-refractivity contribution in [3.63, 3.8) is 0 Å². The lowest BCUT2D eigenvalue weighted by Crippen LogP contribution is -2.48. The van der Waals surface area contributed by atoms with Crippen molar-refractivity contribution in [3.8, 4) is 0 Å². The van der Waals surface area contributed by atoms with Crippen LogP contribution in [0.5, 0.6) is 0 Å². The average molecular weight is 363 g/mol. The van der Waals surface area contributed by atoms with Crippen molar-refractivity contribution < 1.29 is 14.7 Å². The van der Waals surface area contributed by atoms with Gasteiger partial charge in [0.15, 0.2) is 5.78 Å². The lowest BCUT2D eigenvalue weighted by molar-refractivity contribution is -0.125. The van der Waals surface area contributed by atoms with Crippen LogP contribution in [0.15, 0.2) is 33.5 Å². The number of rotatable bonds is 6. The van der Waals surface area contributed by atoms with Gasteiger partial charge in [-0.25, -0.2) is 0 Å². The number of aliphatic hydroxyl groups is 1. The van der Waals surface area contributed by atoms with Gasteiger partial charge in [-0.3, -0.25) is 19.6 Å². The van der Waals surface area contributed by atoms with E-state index in [1.807, 2.05) is 20.8 Å². The fraction of sp³-hybridized carbons (Fsp3) is 0.556. The fourth-order valence-corrected chi connectivity index (χ4v) is 3.95. The molecule has 1 aliphatic carbocycles. The summed E-state index contributed by atoms with van der Waals surface area (Å²) >= 11 is 1.53. The Hall–Kier alpha value is -1.89. The highest BCUT2D eigenvalue weighted by atomic mass is 32.2. The van der Waals surface area contributed by atoms with Crippen molar-refractivity contribution in [2.45, 2.75) is 51.6 Å². The quantitative estimate of drug-likeness (QED) is 0.710. The Labute approximate surface area is 152 Å². The first-order chi connectivity index (χ1) is 11.8. The molecule has 136 valence electrons. The second-order valence-corrected chi connectivity index (χ2v) is 7.50. The van der Waals surface area contributed by atoms with Crippen LogP contribution in [0.4, 0.5) is 0 Å². The summed E-state index contributed by atoms with van der Waals surface area (Å²) < 4.78 is 0. The maximum absolute atomic E-state index is 12.9. The maximum Gasteiger partial charge on any atom is 0.249 e. The lowest BCUT2D eigenvalue weighted by atomic mass is 9.92. The Kier molecular flexibility index (Phi) is 6.21. The molecule has 0 aromatic heterocycles. The molecular weight excluding hydrogens is 338 g/mol. The zero-order valence-corrected chi connectivity index (χ0v) is 15.9. The highest BCUT2D eigenvalue weighted by molar-refractivity contribution is 8.16. The van der Waals surface area contributed by atoms with Crippen LogP contribution in [0.1, 0.15) is 40.0 Å². The number of hydrogen-bond donors (Lipinski definition) is 2. The molecule has 0 saturated heterocycles. The molecule has 0 spiro atoms. The third-order valence-electron chi connectivity index (χ3n) is 4.32. The molecular formula is C18H25N3O3S. The van der Waals surface area contributed by atoms with E-state index < -0.39 is 5.54 Å². The number of amides is 1. The van der Waals surface area contributed by atoms with Gasteiger partial charge in [0.1, 0.15) is 16.3 Å². The Bertz CT molecular complexity index is 694. The van der Waals surface area contributed by atoms with E-state index in [4.69, 9.17) is 0 Å². The number of allylic oxidation sites excluding steroid dienone is 2. The highest BCUT2D eigenvalue weighted by Gasteiger charge is 2.40. The van der Waals surface area contributed by atoms with Gasteiger partial charge in [0.2, 0.25) is 5.91 Å². The zero-order valence-electron chi connectivity index (χ0n) is 15.1. The third-order valence-corrected chi connectivity index (χ3v) is 5.69. The van der Waals surface area contributed by atoms with Gasteiger partial charge >= 0.3 is 0 Å². The second-order valence-electron chi connectivity index (χ2n) is 6.53. The number of aliphatic imine (C=N–C) groups is 2. The minimum absolute atomic E-state index is 0.0562. The number of thioether (sulfide) groups is 1. The van der Waals surface area contributed by atoms with Crippen LogP contribution in [0.3, 0.4) is 0 Å². The number of carbonyl (C=O) groups is 2. The normalized spacial score (nSPS) is 25.2. The van der Waals surface area contributed by atoms with Gasteiger partial charge in [-0.05, 0) is 31.9 Å². The van der Waals surface area contributed by atoms with Crippen LogP contribution in [0.25, 0.3) is 0 Å². The molecule has 1 amide bonds. The third kappa shape index (κ3) is 4.60. The molecule has 0 radical (unpaired) electrons. The molecule has 2 atom stereocenters. The van der Waals surface area contributed by atoms with Crippen molar-refractivity contribution in [1.29, 1.82) is 0 Å². The summed E-state index contributed by atoms with van der Waals surface area (Å²) in [4.78, 5) is 33.3. The first-order valence-electron chi connectivity index (χ1n) is 8.40. The number of hydrogen-bond acceptors (Lipinski definition) is 6. The van der Waals surface area contributed by atoms with Crippen LogP contribution in [0, 0.1) is 0 Å². The monoisotopic (exact) mass is 363 g/mol. The molecule has 0 bridgehead atoms. The lowest BCUT2D eigenvalue weighted by Gasteiger charge is -2.27. The molecule has 2 aliphatic rings. The predicted molar refractivity (Wildman–Crippen MR) is 103 cm³/mol. The van der Waals surface area contributed by atoms with Crippen molar-refractivity contribution in [2.24, 2.45) is 9.98 Å². The largest absolute Gasteiger partial charge is 0.508 e. The van der Waals surface area contributed by atoms with Gasteiger partial charge in [-0.1, -0.05) is 13.3 Å². The van der Waals surface area contributed by atoms with E-state index in [1.165, 1.54) is 17.8 Å². The number of nitrogens with one attached hydrogen (secondary N) is 1. The van der Waals surface area contributed by atoms with E-state index in [-0.39, 0.29) is 29.9 Å². The zero-order chi connectivity index (χ0) is 18.6. The summed E-state index contributed by atoms with van der Waals surface area (Å²) in [5.41, 5.74) is 0.710. The molecule has 0 fully saturated rings. The molecule has 1 aliphatic heterocycles. The topological polar surface area (TPSA) is 91.1 Å². The first-order valence-corrected chi connectivity index (χ1v) is 9.39. The molecule has 7 heteroatoms. The van der Waals surface area contributed by atoms with Crippen LogP contribution in [0.2, 0.25) is 0 Å². The Morgan fingerprint density at radius 2 is 2.24 bits per heavy atom. The van der Waals surface area contributed by atoms with E-state index in [0.29, 0.717) is 12.2 Å². The summed E-state index contributed by atoms with van der Waals surface area (Å²) in [6, 6.07) is -0.278. The molecule has 0 aromatic carbocycles. The summed E-state index contributed by atoms with van der Waals surface area (Å²) in [7, 11) is 1.71. The van der Waals surface area contributed by atoms with E-state index in [0.717, 1.165) is 22.7 Å². The smallest absolute Gasteiger partial charge is 0.249 e. The van der Waals surface area contributed by atoms with Crippen molar-refractivity contribution >= 4 is 34.2 Å². The highest BCUT2D eigenvalue weighted by Crippen LogP contribution is 2.29. The number of carbonyl (C=O) groups excluding carboxylic acids is 2.